The van der Waals surface area contributed by atoms with Crippen LogP contribution in [0, 0.1) is 6.92 Å². The fraction of sp³-hybridized carbons (Fsp3) is 0.278. The van der Waals surface area contributed by atoms with Crippen LogP contribution in [0.4, 0.5) is 0 Å². The Hall–Kier alpha value is -1.96. The van der Waals surface area contributed by atoms with Gasteiger partial charge in [0, 0.05) is 29.7 Å². The van der Waals surface area contributed by atoms with Crippen molar-refractivity contribution in [2.75, 3.05) is 0 Å². The van der Waals surface area contributed by atoms with Gasteiger partial charge in [0.05, 0.1) is 5.69 Å². The number of hydrogen-bond donors (Lipinski definition) is 1. The summed E-state index contributed by atoms with van der Waals surface area (Å²) in [5.74, 6) is 0. The summed E-state index contributed by atoms with van der Waals surface area (Å²) in [6, 6.07) is 11.6. The van der Waals surface area contributed by atoms with Crippen molar-refractivity contribution >= 4 is 21.4 Å². The maximum atomic E-state index is 12.6. The summed E-state index contributed by atoms with van der Waals surface area (Å²) in [6.07, 6.45) is 1.73. The summed E-state index contributed by atoms with van der Waals surface area (Å²) in [4.78, 5) is 0. The lowest BCUT2D eigenvalue weighted by Crippen LogP contribution is -2.22. The van der Waals surface area contributed by atoms with Crippen LogP contribution in [0.5, 0.6) is 0 Å². The number of hydrogen-bond acceptors (Lipinski definition) is 4. The summed E-state index contributed by atoms with van der Waals surface area (Å²) in [5.41, 5.74) is 3.87. The first kappa shape index (κ1) is 17.8. The van der Waals surface area contributed by atoms with Crippen molar-refractivity contribution in [3.63, 3.8) is 0 Å². The second kappa shape index (κ2) is 7.11. The molecule has 0 atom stereocenters. The van der Waals surface area contributed by atoms with E-state index >= 15 is 0 Å². The maximum Gasteiger partial charge on any atom is 0.250 e. The molecule has 1 N–H and O–H groups in total. The molecule has 3 rings (SSSR count). The van der Waals surface area contributed by atoms with Gasteiger partial charge in [0.25, 0.3) is 0 Å². The summed E-state index contributed by atoms with van der Waals surface area (Å²) in [7, 11) is -3.53. The fourth-order valence-corrected chi connectivity index (χ4v) is 4.74. The van der Waals surface area contributed by atoms with Gasteiger partial charge in [-0.25, -0.2) is 13.1 Å². The van der Waals surface area contributed by atoms with Gasteiger partial charge in [0.15, 0.2) is 0 Å². The Morgan fingerprint density at radius 2 is 1.92 bits per heavy atom. The molecule has 0 aliphatic rings. The molecule has 7 heteroatoms. The molecule has 0 saturated carbocycles. The number of aromatic nitrogens is 2. The average Bonchev–Trinajstić information content (AvgIpc) is 3.23. The van der Waals surface area contributed by atoms with Gasteiger partial charge in [-0.1, -0.05) is 29.8 Å². The number of rotatable bonds is 6. The van der Waals surface area contributed by atoms with Gasteiger partial charge >= 0.3 is 0 Å². The SMILES string of the molecule is Cc1ccc(CNS(=O)(=O)c2cc(-c3ccnn3C(C)C)cs2)cc1. The molecule has 25 heavy (non-hydrogen) atoms. The molecule has 2 heterocycles. The molecule has 3 aromatic rings. The van der Waals surface area contributed by atoms with E-state index < -0.39 is 10.0 Å². The number of sulfonamides is 1. The van der Waals surface area contributed by atoms with Gasteiger partial charge in [0.1, 0.15) is 4.21 Å². The van der Waals surface area contributed by atoms with Crippen molar-refractivity contribution in [1.82, 2.24) is 14.5 Å². The summed E-state index contributed by atoms with van der Waals surface area (Å²) in [6.45, 7) is 6.37. The molecule has 0 radical (unpaired) electrons. The average molecular weight is 376 g/mol. The highest BCUT2D eigenvalue weighted by molar-refractivity contribution is 7.91. The van der Waals surface area contributed by atoms with Crippen molar-refractivity contribution in [1.29, 1.82) is 0 Å². The molecule has 5 nitrogen and oxygen atoms in total. The molecular weight excluding hydrogens is 354 g/mol. The molecule has 0 saturated heterocycles. The Balaban J connectivity index is 1.78. The van der Waals surface area contributed by atoms with Gasteiger partial charge < -0.3 is 0 Å². The quantitative estimate of drug-likeness (QED) is 0.709. The van der Waals surface area contributed by atoms with E-state index in [9.17, 15) is 8.42 Å². The van der Waals surface area contributed by atoms with Crippen LogP contribution in [0.3, 0.4) is 0 Å². The minimum absolute atomic E-state index is 0.213. The van der Waals surface area contributed by atoms with Crippen LogP contribution in [-0.2, 0) is 16.6 Å². The molecule has 0 fully saturated rings. The first-order valence-corrected chi connectivity index (χ1v) is 10.4. The van der Waals surface area contributed by atoms with E-state index in [1.807, 2.05) is 61.2 Å². The third-order valence-corrected chi connectivity index (χ3v) is 6.72. The molecule has 0 unspecified atom stereocenters. The zero-order valence-electron chi connectivity index (χ0n) is 14.4. The van der Waals surface area contributed by atoms with E-state index in [1.165, 1.54) is 11.3 Å². The fourth-order valence-electron chi connectivity index (χ4n) is 2.50. The van der Waals surface area contributed by atoms with Crippen molar-refractivity contribution in [3.05, 3.63) is 59.1 Å². The third kappa shape index (κ3) is 4.00. The Kier molecular flexibility index (Phi) is 5.08. The lowest BCUT2D eigenvalue weighted by Gasteiger charge is -2.09. The molecule has 1 aromatic carbocycles. The second-order valence-electron chi connectivity index (χ2n) is 6.22. The van der Waals surface area contributed by atoms with Gasteiger partial charge in [-0.15, -0.1) is 11.3 Å². The minimum atomic E-state index is -3.53. The minimum Gasteiger partial charge on any atom is -0.262 e. The maximum absolute atomic E-state index is 12.6. The van der Waals surface area contributed by atoms with Crippen LogP contribution >= 0.6 is 11.3 Å². The van der Waals surface area contributed by atoms with Gasteiger partial charge in [-0.05, 0) is 38.5 Å². The van der Waals surface area contributed by atoms with E-state index in [0.717, 1.165) is 22.4 Å². The van der Waals surface area contributed by atoms with Crippen LogP contribution < -0.4 is 4.72 Å². The van der Waals surface area contributed by atoms with Crippen LogP contribution in [0.25, 0.3) is 11.3 Å². The highest BCUT2D eigenvalue weighted by atomic mass is 32.2. The highest BCUT2D eigenvalue weighted by Crippen LogP contribution is 2.29. The van der Waals surface area contributed by atoms with Crippen molar-refractivity contribution in [3.8, 4) is 11.3 Å². The van der Waals surface area contributed by atoms with Gasteiger partial charge in [-0.3, -0.25) is 4.68 Å². The number of thiophene rings is 1. The zero-order valence-corrected chi connectivity index (χ0v) is 16.1. The van der Waals surface area contributed by atoms with E-state index in [2.05, 4.69) is 9.82 Å². The highest BCUT2D eigenvalue weighted by Gasteiger charge is 2.18. The van der Waals surface area contributed by atoms with Crippen LogP contribution in [0.2, 0.25) is 0 Å². The summed E-state index contributed by atoms with van der Waals surface area (Å²) < 4.78 is 30.0. The van der Waals surface area contributed by atoms with Gasteiger partial charge in [-0.2, -0.15) is 5.10 Å². The molecular formula is C18H21N3O2S2. The molecule has 0 amide bonds. The third-order valence-electron chi connectivity index (χ3n) is 3.88. The number of benzene rings is 1. The van der Waals surface area contributed by atoms with Crippen molar-refractivity contribution in [2.45, 2.75) is 37.6 Å². The van der Waals surface area contributed by atoms with Crippen molar-refractivity contribution < 1.29 is 8.42 Å². The standard InChI is InChI=1S/C18H21N3O2S2/c1-13(2)21-17(8-9-19-21)16-10-18(24-12-16)25(22,23)20-11-15-6-4-14(3)5-7-15/h4-10,12-13,20H,11H2,1-3H3. The van der Waals surface area contributed by atoms with Crippen molar-refractivity contribution in [2.24, 2.45) is 0 Å². The number of nitrogens with zero attached hydrogens (tertiary/aromatic N) is 2. The predicted molar refractivity (Wildman–Crippen MR) is 101 cm³/mol. The Labute approximate surface area is 152 Å². The first-order chi connectivity index (χ1) is 11.9. The van der Waals surface area contributed by atoms with E-state index in [1.54, 1.807) is 12.3 Å². The van der Waals surface area contributed by atoms with Crippen LogP contribution in [0.15, 0.2) is 52.2 Å². The monoisotopic (exact) mass is 375 g/mol. The second-order valence-corrected chi connectivity index (χ2v) is 9.12. The molecule has 0 aliphatic heterocycles. The van der Waals surface area contributed by atoms with Crippen LogP contribution in [-0.4, -0.2) is 18.2 Å². The smallest absolute Gasteiger partial charge is 0.250 e. The first-order valence-electron chi connectivity index (χ1n) is 8.04. The molecule has 2 aromatic heterocycles. The summed E-state index contributed by atoms with van der Waals surface area (Å²) >= 11 is 1.22. The molecule has 0 aliphatic carbocycles. The lowest BCUT2D eigenvalue weighted by molar-refractivity contribution is 0.538. The normalized spacial score (nSPS) is 12.0. The number of nitrogens with one attached hydrogen (secondary N) is 1. The molecule has 0 spiro atoms. The van der Waals surface area contributed by atoms with Gasteiger partial charge in [0.2, 0.25) is 10.0 Å². The molecule has 132 valence electrons. The topological polar surface area (TPSA) is 64.0 Å². The van der Waals surface area contributed by atoms with E-state index in [-0.39, 0.29) is 12.6 Å². The Morgan fingerprint density at radius 3 is 2.60 bits per heavy atom. The lowest BCUT2D eigenvalue weighted by atomic mass is 10.2. The number of aryl methyl sites for hydroxylation is 1. The molecule has 0 bridgehead atoms. The summed E-state index contributed by atoms with van der Waals surface area (Å²) in [5, 5.41) is 6.16. The predicted octanol–water partition coefficient (Wildman–Crippen LogP) is 3.98. The van der Waals surface area contributed by atoms with E-state index in [0.29, 0.717) is 4.21 Å². The Bertz CT molecular complexity index is 954. The zero-order chi connectivity index (χ0) is 18.0. The largest absolute Gasteiger partial charge is 0.262 e. The Morgan fingerprint density at radius 1 is 1.20 bits per heavy atom. The van der Waals surface area contributed by atoms with Crippen LogP contribution in [0.1, 0.15) is 31.0 Å². The van der Waals surface area contributed by atoms with E-state index in [4.69, 9.17) is 0 Å².